The Morgan fingerprint density at radius 3 is 2.85 bits per heavy atom. The van der Waals surface area contributed by atoms with Gasteiger partial charge in [0.15, 0.2) is 0 Å². The standard InChI is InChI=1S/C22H35N3O/c1-2-7-18(8-3-1)16-25-13-5-4-9-19(25)15-24-21-11-6-10-20(21)22-17-26-14-12-23-22/h1-3,7-8,19-24H,4-6,9-17H2. The minimum absolute atomic E-state index is 0.551. The first kappa shape index (κ1) is 18.4. The summed E-state index contributed by atoms with van der Waals surface area (Å²) in [6, 6.07) is 12.9. The van der Waals surface area contributed by atoms with E-state index in [2.05, 4.69) is 45.9 Å². The van der Waals surface area contributed by atoms with E-state index in [0.717, 1.165) is 38.8 Å². The molecule has 4 rings (SSSR count). The Bertz CT molecular complexity index is 531. The van der Waals surface area contributed by atoms with Gasteiger partial charge in [0.05, 0.1) is 13.2 Å². The molecule has 3 aliphatic rings. The highest BCUT2D eigenvalue weighted by molar-refractivity contribution is 5.14. The van der Waals surface area contributed by atoms with Crippen LogP contribution in [0.3, 0.4) is 0 Å². The molecule has 2 saturated heterocycles. The SMILES string of the molecule is c1ccc(CN2CCCCC2CNC2CCCC2C2COCCN2)cc1. The van der Waals surface area contributed by atoms with Gasteiger partial charge in [-0.15, -0.1) is 0 Å². The van der Waals surface area contributed by atoms with Gasteiger partial charge in [-0.05, 0) is 43.7 Å². The third-order valence-corrected chi connectivity index (χ3v) is 6.63. The van der Waals surface area contributed by atoms with E-state index in [0.29, 0.717) is 18.1 Å². The summed E-state index contributed by atoms with van der Waals surface area (Å²) in [6.45, 7) is 6.26. The number of hydrogen-bond donors (Lipinski definition) is 2. The summed E-state index contributed by atoms with van der Waals surface area (Å²) in [5.41, 5.74) is 1.45. The zero-order chi connectivity index (χ0) is 17.6. The molecule has 144 valence electrons. The van der Waals surface area contributed by atoms with Crippen molar-refractivity contribution in [3.05, 3.63) is 35.9 Å². The van der Waals surface area contributed by atoms with E-state index in [1.165, 1.54) is 50.6 Å². The predicted octanol–water partition coefficient (Wildman–Crippen LogP) is 2.79. The molecule has 1 aliphatic carbocycles. The molecule has 26 heavy (non-hydrogen) atoms. The van der Waals surface area contributed by atoms with E-state index in [4.69, 9.17) is 4.74 Å². The Labute approximate surface area is 158 Å². The molecule has 2 N–H and O–H groups in total. The zero-order valence-corrected chi connectivity index (χ0v) is 16.0. The van der Waals surface area contributed by atoms with E-state index in [-0.39, 0.29) is 0 Å². The molecule has 0 radical (unpaired) electrons. The van der Waals surface area contributed by atoms with Gasteiger partial charge < -0.3 is 15.4 Å². The van der Waals surface area contributed by atoms with E-state index in [1.54, 1.807) is 0 Å². The van der Waals surface area contributed by atoms with Crippen LogP contribution in [0.1, 0.15) is 44.1 Å². The number of rotatable bonds is 6. The first-order valence-electron chi connectivity index (χ1n) is 10.7. The zero-order valence-electron chi connectivity index (χ0n) is 16.0. The van der Waals surface area contributed by atoms with Gasteiger partial charge in [-0.3, -0.25) is 4.90 Å². The molecule has 4 nitrogen and oxygen atoms in total. The minimum Gasteiger partial charge on any atom is -0.379 e. The van der Waals surface area contributed by atoms with Crippen LogP contribution in [0.2, 0.25) is 0 Å². The Hall–Kier alpha value is -0.940. The third kappa shape index (κ3) is 4.66. The number of morpholine rings is 1. The molecule has 3 fully saturated rings. The number of likely N-dealkylation sites (tertiary alicyclic amines) is 1. The van der Waals surface area contributed by atoms with E-state index in [1.807, 2.05) is 0 Å². The first-order chi connectivity index (χ1) is 12.9. The van der Waals surface area contributed by atoms with Crippen molar-refractivity contribution < 1.29 is 4.74 Å². The summed E-state index contributed by atoms with van der Waals surface area (Å²) in [6.07, 6.45) is 8.09. The van der Waals surface area contributed by atoms with Gasteiger partial charge >= 0.3 is 0 Å². The van der Waals surface area contributed by atoms with Crippen LogP contribution in [-0.4, -0.2) is 55.9 Å². The third-order valence-electron chi connectivity index (χ3n) is 6.63. The largest absolute Gasteiger partial charge is 0.379 e. The molecule has 1 saturated carbocycles. The molecule has 4 unspecified atom stereocenters. The van der Waals surface area contributed by atoms with Gasteiger partial charge in [0.25, 0.3) is 0 Å². The first-order valence-corrected chi connectivity index (χ1v) is 10.7. The van der Waals surface area contributed by atoms with E-state index < -0.39 is 0 Å². The molecule has 0 spiro atoms. The predicted molar refractivity (Wildman–Crippen MR) is 106 cm³/mol. The number of ether oxygens (including phenoxy) is 1. The maximum Gasteiger partial charge on any atom is 0.0623 e. The van der Waals surface area contributed by atoms with Crippen LogP contribution >= 0.6 is 0 Å². The molecule has 0 aromatic heterocycles. The van der Waals surface area contributed by atoms with Crippen molar-refractivity contribution in [2.45, 2.75) is 63.2 Å². The molecule has 4 heteroatoms. The molecule has 1 aromatic carbocycles. The fourth-order valence-corrected chi connectivity index (χ4v) is 5.19. The second-order valence-corrected chi connectivity index (χ2v) is 8.35. The molecule has 0 bridgehead atoms. The van der Waals surface area contributed by atoms with Crippen LogP contribution in [0, 0.1) is 5.92 Å². The van der Waals surface area contributed by atoms with Crippen LogP contribution in [0.4, 0.5) is 0 Å². The van der Waals surface area contributed by atoms with Gasteiger partial charge in [0, 0.05) is 37.8 Å². The summed E-state index contributed by atoms with van der Waals surface area (Å²) in [4.78, 5) is 2.71. The summed E-state index contributed by atoms with van der Waals surface area (Å²) in [5.74, 6) is 0.737. The highest BCUT2D eigenvalue weighted by Crippen LogP contribution is 2.30. The van der Waals surface area contributed by atoms with Crippen LogP contribution in [0.15, 0.2) is 30.3 Å². The highest BCUT2D eigenvalue weighted by atomic mass is 16.5. The Balaban J connectivity index is 1.31. The molecule has 4 atom stereocenters. The lowest BCUT2D eigenvalue weighted by atomic mass is 9.93. The molecule has 0 amide bonds. The van der Waals surface area contributed by atoms with E-state index >= 15 is 0 Å². The van der Waals surface area contributed by atoms with Crippen LogP contribution in [-0.2, 0) is 11.3 Å². The fourth-order valence-electron chi connectivity index (χ4n) is 5.19. The topological polar surface area (TPSA) is 36.5 Å². The van der Waals surface area contributed by atoms with Crippen molar-refractivity contribution in [2.75, 3.05) is 32.8 Å². The van der Waals surface area contributed by atoms with Crippen molar-refractivity contribution in [3.8, 4) is 0 Å². The molecule has 2 aliphatic heterocycles. The van der Waals surface area contributed by atoms with Crippen LogP contribution in [0.25, 0.3) is 0 Å². The minimum atomic E-state index is 0.551. The number of piperidine rings is 1. The van der Waals surface area contributed by atoms with Crippen LogP contribution < -0.4 is 10.6 Å². The van der Waals surface area contributed by atoms with Gasteiger partial charge in [-0.2, -0.15) is 0 Å². The summed E-state index contributed by atoms with van der Waals surface area (Å²) >= 11 is 0. The van der Waals surface area contributed by atoms with Crippen molar-refractivity contribution in [2.24, 2.45) is 5.92 Å². The number of benzene rings is 1. The number of nitrogens with zero attached hydrogens (tertiary/aromatic N) is 1. The Morgan fingerprint density at radius 2 is 2.00 bits per heavy atom. The van der Waals surface area contributed by atoms with Crippen LogP contribution in [0.5, 0.6) is 0 Å². The Morgan fingerprint density at radius 1 is 1.08 bits per heavy atom. The average molecular weight is 358 g/mol. The van der Waals surface area contributed by atoms with Gasteiger partial charge in [-0.1, -0.05) is 43.2 Å². The summed E-state index contributed by atoms with van der Waals surface area (Å²) in [5, 5.41) is 7.67. The van der Waals surface area contributed by atoms with Gasteiger partial charge in [-0.25, -0.2) is 0 Å². The van der Waals surface area contributed by atoms with Crippen molar-refractivity contribution in [1.29, 1.82) is 0 Å². The summed E-state index contributed by atoms with van der Waals surface area (Å²) < 4.78 is 5.72. The fraction of sp³-hybridized carbons (Fsp3) is 0.727. The van der Waals surface area contributed by atoms with Crippen molar-refractivity contribution >= 4 is 0 Å². The maximum atomic E-state index is 5.72. The summed E-state index contributed by atoms with van der Waals surface area (Å²) in [7, 11) is 0. The van der Waals surface area contributed by atoms with Crippen molar-refractivity contribution in [3.63, 3.8) is 0 Å². The Kier molecular flexibility index (Phi) is 6.60. The highest BCUT2D eigenvalue weighted by Gasteiger charge is 2.35. The number of nitrogens with one attached hydrogen (secondary N) is 2. The van der Waals surface area contributed by atoms with Gasteiger partial charge in [0.1, 0.15) is 0 Å². The molecule has 2 heterocycles. The average Bonchev–Trinajstić information content (AvgIpc) is 3.17. The second-order valence-electron chi connectivity index (χ2n) is 8.35. The quantitative estimate of drug-likeness (QED) is 0.821. The van der Waals surface area contributed by atoms with Crippen molar-refractivity contribution in [1.82, 2.24) is 15.5 Å². The molecule has 1 aromatic rings. The lowest BCUT2D eigenvalue weighted by molar-refractivity contribution is 0.0512. The molecular formula is C22H35N3O. The van der Waals surface area contributed by atoms with Gasteiger partial charge in [0.2, 0.25) is 0 Å². The monoisotopic (exact) mass is 357 g/mol. The number of hydrogen-bond acceptors (Lipinski definition) is 4. The lowest BCUT2D eigenvalue weighted by Crippen LogP contribution is -2.53. The molecular weight excluding hydrogens is 322 g/mol. The van der Waals surface area contributed by atoms with E-state index in [9.17, 15) is 0 Å². The normalized spacial score (nSPS) is 33.4. The smallest absolute Gasteiger partial charge is 0.0623 e. The maximum absolute atomic E-state index is 5.72. The second kappa shape index (κ2) is 9.32. The lowest BCUT2D eigenvalue weighted by Gasteiger charge is -2.38.